The van der Waals surface area contributed by atoms with Crippen molar-refractivity contribution in [3.63, 3.8) is 0 Å². The second-order valence-electron chi connectivity index (χ2n) is 5.32. The van der Waals surface area contributed by atoms with Gasteiger partial charge in [0.2, 0.25) is 5.91 Å². The van der Waals surface area contributed by atoms with Crippen molar-refractivity contribution >= 4 is 29.3 Å². The van der Waals surface area contributed by atoms with Crippen LogP contribution in [0.1, 0.15) is 12.5 Å². The number of rotatable bonds is 7. The number of thioether (sulfide) groups is 1. The van der Waals surface area contributed by atoms with Crippen molar-refractivity contribution in [3.05, 3.63) is 54.1 Å². The van der Waals surface area contributed by atoms with Gasteiger partial charge in [-0.05, 0) is 43.7 Å². The van der Waals surface area contributed by atoms with E-state index in [9.17, 15) is 9.59 Å². The second kappa shape index (κ2) is 8.40. The molecule has 0 aliphatic heterocycles. The van der Waals surface area contributed by atoms with E-state index in [2.05, 4.69) is 5.32 Å². The van der Waals surface area contributed by atoms with Gasteiger partial charge in [0.1, 0.15) is 5.75 Å². The van der Waals surface area contributed by atoms with Gasteiger partial charge >= 0.3 is 0 Å². The number of primary amides is 1. The van der Waals surface area contributed by atoms with E-state index in [4.69, 9.17) is 10.5 Å². The Morgan fingerprint density at radius 2 is 1.96 bits per heavy atom. The van der Waals surface area contributed by atoms with Gasteiger partial charge in [-0.1, -0.05) is 24.3 Å². The molecule has 2 rings (SSSR count). The minimum absolute atomic E-state index is 0.155. The number of hydrogen-bond donors (Lipinski definition) is 2. The monoisotopic (exact) mass is 344 g/mol. The molecule has 5 nitrogen and oxygen atoms in total. The SMILES string of the molecule is Cc1cccc(O[C@@H](C)C(=O)Nc2ccccc2SCC(N)=O)c1. The summed E-state index contributed by atoms with van der Waals surface area (Å²) >= 11 is 1.28. The quantitative estimate of drug-likeness (QED) is 0.757. The van der Waals surface area contributed by atoms with Crippen LogP contribution in [-0.4, -0.2) is 23.7 Å². The average Bonchev–Trinajstić information content (AvgIpc) is 2.54. The molecule has 0 aliphatic carbocycles. The van der Waals surface area contributed by atoms with E-state index in [1.165, 1.54) is 11.8 Å². The van der Waals surface area contributed by atoms with Gasteiger partial charge in [-0.15, -0.1) is 11.8 Å². The van der Waals surface area contributed by atoms with Gasteiger partial charge in [-0.3, -0.25) is 9.59 Å². The highest BCUT2D eigenvalue weighted by Gasteiger charge is 2.16. The van der Waals surface area contributed by atoms with Crippen LogP contribution in [0.4, 0.5) is 5.69 Å². The molecule has 3 N–H and O–H groups in total. The molecule has 126 valence electrons. The lowest BCUT2D eigenvalue weighted by Gasteiger charge is -2.16. The van der Waals surface area contributed by atoms with Crippen LogP contribution in [0.25, 0.3) is 0 Å². The Bertz CT molecular complexity index is 734. The van der Waals surface area contributed by atoms with Gasteiger partial charge < -0.3 is 15.8 Å². The summed E-state index contributed by atoms with van der Waals surface area (Å²) in [6.07, 6.45) is -0.652. The van der Waals surface area contributed by atoms with Crippen molar-refractivity contribution in [1.82, 2.24) is 0 Å². The molecule has 0 radical (unpaired) electrons. The maximum Gasteiger partial charge on any atom is 0.265 e. The van der Waals surface area contributed by atoms with Crippen molar-refractivity contribution in [3.8, 4) is 5.75 Å². The second-order valence-corrected chi connectivity index (χ2v) is 6.33. The minimum Gasteiger partial charge on any atom is -0.481 e. The van der Waals surface area contributed by atoms with E-state index in [1.54, 1.807) is 13.0 Å². The van der Waals surface area contributed by atoms with Gasteiger partial charge in [-0.2, -0.15) is 0 Å². The Labute approximate surface area is 145 Å². The van der Waals surface area contributed by atoms with Crippen LogP contribution < -0.4 is 15.8 Å². The Morgan fingerprint density at radius 1 is 1.21 bits per heavy atom. The van der Waals surface area contributed by atoms with Gasteiger partial charge in [0.15, 0.2) is 6.10 Å². The lowest BCUT2D eigenvalue weighted by atomic mass is 10.2. The lowest BCUT2D eigenvalue weighted by Crippen LogP contribution is -2.30. The highest BCUT2D eigenvalue weighted by atomic mass is 32.2. The molecule has 0 aromatic heterocycles. The number of ether oxygens (including phenoxy) is 1. The first-order valence-electron chi connectivity index (χ1n) is 7.50. The smallest absolute Gasteiger partial charge is 0.265 e. The standard InChI is InChI=1S/C18H20N2O3S/c1-12-6-5-7-14(10-12)23-13(2)18(22)20-15-8-3-4-9-16(15)24-11-17(19)21/h3-10,13H,11H2,1-2H3,(H2,19,21)(H,20,22)/t13-/m0/s1. The summed E-state index contributed by atoms with van der Waals surface area (Å²) in [6.45, 7) is 3.65. The van der Waals surface area contributed by atoms with Gasteiger partial charge in [0.05, 0.1) is 11.4 Å². The fourth-order valence-electron chi connectivity index (χ4n) is 2.03. The maximum atomic E-state index is 12.4. The molecular formula is C18H20N2O3S. The number of aryl methyl sites for hydroxylation is 1. The Morgan fingerprint density at radius 3 is 2.67 bits per heavy atom. The van der Waals surface area contributed by atoms with E-state index >= 15 is 0 Å². The van der Waals surface area contributed by atoms with Crippen molar-refractivity contribution in [2.45, 2.75) is 24.8 Å². The maximum absolute atomic E-state index is 12.4. The molecule has 0 aliphatic rings. The minimum atomic E-state index is -0.652. The largest absolute Gasteiger partial charge is 0.481 e. The highest BCUT2D eigenvalue weighted by molar-refractivity contribution is 8.00. The lowest BCUT2D eigenvalue weighted by molar-refractivity contribution is -0.122. The number of carbonyl (C=O) groups excluding carboxylic acids is 2. The Balaban J connectivity index is 2.02. The van der Waals surface area contributed by atoms with E-state index in [1.807, 2.05) is 49.4 Å². The molecule has 0 saturated heterocycles. The fraction of sp³-hybridized carbons (Fsp3) is 0.222. The molecule has 0 saturated carbocycles. The zero-order valence-electron chi connectivity index (χ0n) is 13.6. The molecule has 0 spiro atoms. The normalized spacial score (nSPS) is 11.6. The van der Waals surface area contributed by atoms with Crippen molar-refractivity contribution in [1.29, 1.82) is 0 Å². The molecule has 2 aromatic carbocycles. The molecule has 0 unspecified atom stereocenters. The summed E-state index contributed by atoms with van der Waals surface area (Å²) in [5.41, 5.74) is 6.87. The number of carbonyl (C=O) groups is 2. The average molecular weight is 344 g/mol. The van der Waals surface area contributed by atoms with Crippen LogP contribution in [-0.2, 0) is 9.59 Å². The summed E-state index contributed by atoms with van der Waals surface area (Å²) in [4.78, 5) is 24.1. The van der Waals surface area contributed by atoms with Crippen LogP contribution in [0.2, 0.25) is 0 Å². The van der Waals surface area contributed by atoms with E-state index in [-0.39, 0.29) is 11.7 Å². The predicted molar refractivity (Wildman–Crippen MR) is 96.3 cm³/mol. The topological polar surface area (TPSA) is 81.4 Å². The fourth-order valence-corrected chi connectivity index (χ4v) is 2.77. The highest BCUT2D eigenvalue weighted by Crippen LogP contribution is 2.27. The molecular weight excluding hydrogens is 324 g/mol. The Hall–Kier alpha value is -2.47. The summed E-state index contributed by atoms with van der Waals surface area (Å²) in [5, 5.41) is 2.83. The predicted octanol–water partition coefficient (Wildman–Crippen LogP) is 2.98. The van der Waals surface area contributed by atoms with Crippen LogP contribution in [0.15, 0.2) is 53.4 Å². The number of benzene rings is 2. The van der Waals surface area contributed by atoms with Gasteiger partial charge in [0, 0.05) is 4.90 Å². The number of anilines is 1. The summed E-state index contributed by atoms with van der Waals surface area (Å²) in [6, 6.07) is 14.8. The van der Waals surface area contributed by atoms with Crippen molar-refractivity contribution in [2.24, 2.45) is 5.73 Å². The third kappa shape index (κ3) is 5.31. The number of amides is 2. The number of hydrogen-bond acceptors (Lipinski definition) is 4. The number of nitrogens with two attached hydrogens (primary N) is 1. The molecule has 0 heterocycles. The summed E-state index contributed by atoms with van der Waals surface area (Å²) < 4.78 is 5.67. The first-order chi connectivity index (χ1) is 11.5. The van der Waals surface area contributed by atoms with Crippen LogP contribution in [0, 0.1) is 6.92 Å². The summed E-state index contributed by atoms with van der Waals surface area (Å²) in [5.74, 6) is 0.136. The third-order valence-electron chi connectivity index (χ3n) is 3.19. The first kappa shape index (κ1) is 17.9. The first-order valence-corrected chi connectivity index (χ1v) is 8.48. The van der Waals surface area contributed by atoms with Gasteiger partial charge in [0.25, 0.3) is 5.91 Å². The molecule has 1 atom stereocenters. The number of para-hydroxylation sites is 1. The van der Waals surface area contributed by atoms with E-state index in [0.29, 0.717) is 11.4 Å². The third-order valence-corrected chi connectivity index (χ3v) is 4.28. The van der Waals surface area contributed by atoms with Crippen molar-refractivity contribution < 1.29 is 14.3 Å². The Kier molecular flexibility index (Phi) is 6.26. The van der Waals surface area contributed by atoms with Gasteiger partial charge in [-0.25, -0.2) is 0 Å². The van der Waals surface area contributed by atoms with E-state index < -0.39 is 12.0 Å². The zero-order valence-corrected chi connectivity index (χ0v) is 14.4. The van der Waals surface area contributed by atoms with Crippen LogP contribution in [0.3, 0.4) is 0 Å². The molecule has 2 aromatic rings. The number of nitrogens with one attached hydrogen (secondary N) is 1. The molecule has 6 heteroatoms. The molecule has 0 bridgehead atoms. The summed E-state index contributed by atoms with van der Waals surface area (Å²) in [7, 11) is 0. The molecule has 24 heavy (non-hydrogen) atoms. The van der Waals surface area contributed by atoms with E-state index in [0.717, 1.165) is 10.5 Å². The molecule has 0 fully saturated rings. The van der Waals surface area contributed by atoms with Crippen LogP contribution in [0.5, 0.6) is 5.75 Å². The van der Waals surface area contributed by atoms with Crippen LogP contribution >= 0.6 is 11.8 Å². The molecule has 2 amide bonds. The van der Waals surface area contributed by atoms with Crippen molar-refractivity contribution in [2.75, 3.05) is 11.1 Å². The zero-order chi connectivity index (χ0) is 17.5.